The maximum Gasteiger partial charge on any atom is 0.335 e. The fourth-order valence-electron chi connectivity index (χ4n) is 5.04. The van der Waals surface area contributed by atoms with E-state index in [1.165, 1.54) is 24.3 Å². The molecular weight excluding hydrogens is 522 g/mol. The molecule has 1 saturated carbocycles. The monoisotopic (exact) mass is 565 g/mol. The van der Waals surface area contributed by atoms with Gasteiger partial charge in [-0.05, 0) is 87.6 Å². The number of hydrogen-bond donors (Lipinski definition) is 5. The molecule has 1 aliphatic carbocycles. The van der Waals surface area contributed by atoms with Crippen molar-refractivity contribution < 1.29 is 24.3 Å². The van der Waals surface area contributed by atoms with Gasteiger partial charge in [0.15, 0.2) is 0 Å². The van der Waals surface area contributed by atoms with Crippen molar-refractivity contribution >= 4 is 29.4 Å². The number of benzene rings is 2. The van der Waals surface area contributed by atoms with Crippen LogP contribution in [0.3, 0.4) is 0 Å². The Bertz CT molecular complexity index is 1220. The summed E-state index contributed by atoms with van der Waals surface area (Å²) in [5.74, 6) is -1.54. The Labute approximate surface area is 242 Å². The Kier molecular flexibility index (Phi) is 11.0. The number of rotatable bonds is 12. The van der Waals surface area contributed by atoms with E-state index in [0.29, 0.717) is 30.3 Å². The number of likely N-dealkylation sites (N-methyl/N-ethyl adjacent to an activating group) is 1. The zero-order valence-corrected chi connectivity index (χ0v) is 24.4. The molecule has 3 amide bonds. The third-order valence-corrected chi connectivity index (χ3v) is 7.69. The third-order valence-electron chi connectivity index (χ3n) is 7.69. The van der Waals surface area contributed by atoms with Gasteiger partial charge in [0, 0.05) is 23.6 Å². The van der Waals surface area contributed by atoms with Gasteiger partial charge in [-0.1, -0.05) is 38.1 Å². The van der Waals surface area contributed by atoms with E-state index in [4.69, 9.17) is 5.73 Å². The second kappa shape index (κ2) is 14.2. The van der Waals surface area contributed by atoms with Crippen LogP contribution in [0.1, 0.15) is 67.1 Å². The summed E-state index contributed by atoms with van der Waals surface area (Å²) < 4.78 is 0. The number of carbonyl (C=O) groups excluding carboxylic acids is 3. The maximum absolute atomic E-state index is 13.6. The topological polar surface area (TPSA) is 154 Å². The Balaban J connectivity index is 1.84. The van der Waals surface area contributed by atoms with Crippen molar-refractivity contribution in [3.63, 3.8) is 0 Å². The average Bonchev–Trinajstić information content (AvgIpc) is 2.94. The first-order chi connectivity index (χ1) is 19.4. The van der Waals surface area contributed by atoms with Crippen LogP contribution in [0.15, 0.2) is 48.5 Å². The van der Waals surface area contributed by atoms with Crippen molar-refractivity contribution in [2.45, 2.75) is 51.0 Å². The van der Waals surface area contributed by atoms with Crippen LogP contribution in [0.5, 0.6) is 0 Å². The van der Waals surface area contributed by atoms with Crippen molar-refractivity contribution in [3.8, 4) is 0 Å². The molecule has 0 bridgehead atoms. The van der Waals surface area contributed by atoms with Crippen LogP contribution in [0.4, 0.5) is 5.69 Å². The molecule has 0 heterocycles. The van der Waals surface area contributed by atoms with Crippen LogP contribution in [0, 0.1) is 11.8 Å². The Morgan fingerprint density at radius 1 is 1.02 bits per heavy atom. The van der Waals surface area contributed by atoms with Crippen LogP contribution < -0.4 is 21.7 Å². The highest BCUT2D eigenvalue weighted by atomic mass is 16.4. The van der Waals surface area contributed by atoms with Crippen LogP contribution in [0.25, 0.3) is 0 Å². The van der Waals surface area contributed by atoms with Gasteiger partial charge < -0.3 is 31.7 Å². The fraction of sp³-hybridized carbons (Fsp3) is 0.484. The van der Waals surface area contributed by atoms with Gasteiger partial charge in [0.05, 0.1) is 12.1 Å². The minimum Gasteiger partial charge on any atom is -0.478 e. The molecule has 0 aliphatic heterocycles. The Hall–Kier alpha value is -3.76. The highest BCUT2D eigenvalue weighted by molar-refractivity contribution is 5.98. The first-order valence-corrected chi connectivity index (χ1v) is 14.1. The number of nitrogens with one attached hydrogen (secondary N) is 3. The van der Waals surface area contributed by atoms with Gasteiger partial charge in [0.2, 0.25) is 11.8 Å². The molecule has 1 atom stereocenters. The molecule has 222 valence electrons. The lowest BCUT2D eigenvalue weighted by atomic mass is 9.81. The Morgan fingerprint density at radius 3 is 2.27 bits per heavy atom. The molecule has 0 aromatic heterocycles. The van der Waals surface area contributed by atoms with Crippen molar-refractivity contribution in [1.29, 1.82) is 0 Å². The first kappa shape index (κ1) is 31.8. The molecule has 6 N–H and O–H groups in total. The van der Waals surface area contributed by atoms with E-state index in [2.05, 4.69) is 16.0 Å². The van der Waals surface area contributed by atoms with E-state index in [-0.39, 0.29) is 29.8 Å². The quantitative estimate of drug-likeness (QED) is 0.265. The predicted octanol–water partition coefficient (Wildman–Crippen LogP) is 2.90. The van der Waals surface area contributed by atoms with Crippen LogP contribution in [-0.4, -0.2) is 67.4 Å². The predicted molar refractivity (Wildman–Crippen MR) is 158 cm³/mol. The molecule has 10 heteroatoms. The largest absolute Gasteiger partial charge is 0.478 e. The Morgan fingerprint density at radius 2 is 1.68 bits per heavy atom. The number of hydrogen-bond acceptors (Lipinski definition) is 6. The third kappa shape index (κ3) is 9.12. The van der Waals surface area contributed by atoms with Gasteiger partial charge in [-0.2, -0.15) is 0 Å². The minimum atomic E-state index is -1.06. The molecule has 0 saturated heterocycles. The molecule has 1 aliphatic rings. The van der Waals surface area contributed by atoms with Crippen LogP contribution in [-0.2, 0) is 19.8 Å². The molecule has 2 aromatic rings. The zero-order chi connectivity index (χ0) is 30.2. The highest BCUT2D eigenvalue weighted by Crippen LogP contribution is 2.30. The maximum atomic E-state index is 13.6. The van der Waals surface area contributed by atoms with E-state index in [1.54, 1.807) is 11.0 Å². The number of carbonyl (C=O) groups is 4. The van der Waals surface area contributed by atoms with Gasteiger partial charge in [0.25, 0.3) is 5.91 Å². The minimum absolute atomic E-state index is 0.0815. The number of carboxylic acids is 1. The normalized spacial score (nSPS) is 17.9. The summed E-state index contributed by atoms with van der Waals surface area (Å²) in [4.78, 5) is 52.2. The van der Waals surface area contributed by atoms with Crippen molar-refractivity contribution in [2.75, 3.05) is 39.0 Å². The lowest BCUT2D eigenvalue weighted by molar-refractivity contribution is -0.130. The summed E-state index contributed by atoms with van der Waals surface area (Å²) >= 11 is 0. The lowest BCUT2D eigenvalue weighted by Gasteiger charge is -2.30. The van der Waals surface area contributed by atoms with Crippen molar-refractivity contribution in [1.82, 2.24) is 15.5 Å². The summed E-state index contributed by atoms with van der Waals surface area (Å²) in [6.45, 7) is 5.31. The molecule has 41 heavy (non-hydrogen) atoms. The number of amides is 3. The van der Waals surface area contributed by atoms with Gasteiger partial charge in [-0.15, -0.1) is 0 Å². The molecule has 0 unspecified atom stereocenters. The molecule has 10 nitrogen and oxygen atoms in total. The van der Waals surface area contributed by atoms with E-state index in [1.807, 2.05) is 46.1 Å². The second-order valence-electron chi connectivity index (χ2n) is 11.8. The molecular formula is C31H43N5O5. The summed E-state index contributed by atoms with van der Waals surface area (Å²) in [5, 5.41) is 18.0. The molecule has 3 rings (SSSR count). The molecule has 0 radical (unpaired) electrons. The standard InChI is InChI=1S/C31H43N5O5/c1-31(2,19-33-26(37)18-36(3)4)24-7-5-6-23(16-24)27(35-28(38)21-10-8-20(17-32)9-11-21)29(39)34-25-14-12-22(13-15-25)30(40)41/h5-7,12-16,20-21,27H,8-11,17-19,32H2,1-4H3,(H,33,37)(H,34,39)(H,35,38)(H,40,41)/t20?,21?,27-/m0/s1. The summed E-state index contributed by atoms with van der Waals surface area (Å²) in [6.07, 6.45) is 3.20. The van der Waals surface area contributed by atoms with E-state index in [0.717, 1.165) is 31.2 Å². The first-order valence-electron chi connectivity index (χ1n) is 14.1. The summed E-state index contributed by atoms with van der Waals surface area (Å²) in [5.41, 5.74) is 7.41. The van der Waals surface area contributed by atoms with Gasteiger partial charge in [-0.3, -0.25) is 14.4 Å². The van der Waals surface area contributed by atoms with E-state index < -0.39 is 23.3 Å². The van der Waals surface area contributed by atoms with E-state index >= 15 is 0 Å². The molecule has 0 spiro atoms. The molecule has 1 fully saturated rings. The summed E-state index contributed by atoms with van der Waals surface area (Å²) in [6, 6.07) is 12.4. The number of anilines is 1. The van der Waals surface area contributed by atoms with E-state index in [9.17, 15) is 24.3 Å². The van der Waals surface area contributed by atoms with Crippen molar-refractivity contribution in [2.24, 2.45) is 17.6 Å². The highest BCUT2D eigenvalue weighted by Gasteiger charge is 2.31. The van der Waals surface area contributed by atoms with Crippen molar-refractivity contribution in [3.05, 3.63) is 65.2 Å². The van der Waals surface area contributed by atoms with Gasteiger partial charge >= 0.3 is 5.97 Å². The average molecular weight is 566 g/mol. The van der Waals surface area contributed by atoms with Crippen LogP contribution in [0.2, 0.25) is 0 Å². The van der Waals surface area contributed by atoms with Gasteiger partial charge in [0.1, 0.15) is 6.04 Å². The second-order valence-corrected chi connectivity index (χ2v) is 11.8. The molecule has 2 aromatic carbocycles. The number of aromatic carboxylic acids is 1. The SMILES string of the molecule is CN(C)CC(=O)NCC(C)(C)c1cccc([C@H](NC(=O)C2CCC(CN)CC2)C(=O)Nc2ccc(C(=O)O)cc2)c1. The smallest absolute Gasteiger partial charge is 0.335 e. The van der Waals surface area contributed by atoms with Gasteiger partial charge in [-0.25, -0.2) is 4.79 Å². The number of nitrogens with zero attached hydrogens (tertiary/aromatic N) is 1. The number of carboxylic acid groups (broad SMARTS) is 1. The fourth-order valence-corrected chi connectivity index (χ4v) is 5.04. The lowest BCUT2D eigenvalue weighted by Crippen LogP contribution is -2.42. The zero-order valence-electron chi connectivity index (χ0n) is 24.4. The van der Waals surface area contributed by atoms with Crippen LogP contribution >= 0.6 is 0 Å². The number of nitrogens with two attached hydrogens (primary N) is 1. The summed E-state index contributed by atoms with van der Waals surface area (Å²) in [7, 11) is 3.66.